The van der Waals surface area contributed by atoms with Gasteiger partial charge in [0.15, 0.2) is 0 Å². The fourth-order valence-electron chi connectivity index (χ4n) is 2.13. The molecule has 1 aromatic rings. The number of piperidine rings is 1. The van der Waals surface area contributed by atoms with E-state index in [1.807, 2.05) is 11.4 Å². The third-order valence-electron chi connectivity index (χ3n) is 3.26. The van der Waals surface area contributed by atoms with Crippen LogP contribution in [0.25, 0.3) is 0 Å². The maximum absolute atomic E-state index is 12.3. The Labute approximate surface area is 131 Å². The molecule has 0 unspecified atom stereocenters. The van der Waals surface area contributed by atoms with Gasteiger partial charge in [-0.05, 0) is 47.9 Å². The topological polar surface area (TPSA) is 50.4 Å². The minimum Gasteiger partial charge on any atom is -0.368 e. The van der Waals surface area contributed by atoms with Gasteiger partial charge in [0.05, 0.1) is 6.54 Å². The number of carbonyl (C=O) groups excluding carboxylic acids is 1. The van der Waals surface area contributed by atoms with Crippen molar-refractivity contribution in [2.45, 2.75) is 25.0 Å². The number of ether oxygens (including phenoxy) is 1. The average molecular weight is 370 g/mol. The molecule has 2 heterocycles. The summed E-state index contributed by atoms with van der Waals surface area (Å²) in [6, 6.07) is 2.02. The summed E-state index contributed by atoms with van der Waals surface area (Å²) in [7, 11) is 1.62. The summed E-state index contributed by atoms with van der Waals surface area (Å²) >= 11 is 5.03. The number of halogens is 2. The van der Waals surface area contributed by atoms with Gasteiger partial charge in [0, 0.05) is 21.8 Å². The molecule has 1 fully saturated rings. The minimum atomic E-state index is -0.653. The molecule has 1 aromatic heterocycles. The smallest absolute Gasteiger partial charge is 0.252 e. The lowest BCUT2D eigenvalue weighted by atomic mass is 9.91. The van der Waals surface area contributed by atoms with E-state index in [1.165, 1.54) is 0 Å². The zero-order valence-corrected chi connectivity index (χ0v) is 13.9. The van der Waals surface area contributed by atoms with Crippen molar-refractivity contribution in [3.05, 3.63) is 20.8 Å². The van der Waals surface area contributed by atoms with Crippen LogP contribution in [0.2, 0.25) is 0 Å². The van der Waals surface area contributed by atoms with Crippen LogP contribution in [-0.4, -0.2) is 31.7 Å². The highest BCUT2D eigenvalue weighted by Crippen LogP contribution is 2.24. The van der Waals surface area contributed by atoms with Gasteiger partial charge in [-0.1, -0.05) is 0 Å². The predicted octanol–water partition coefficient (Wildman–Crippen LogP) is 2.32. The Hall–Kier alpha value is -0.140. The minimum absolute atomic E-state index is 0. The van der Waals surface area contributed by atoms with E-state index in [4.69, 9.17) is 4.74 Å². The standard InChI is InChI=1S/C12H17BrN2O2S.ClH/c1-17-12(2-4-14-5-3-12)11(16)15-7-10-6-9(13)8-18-10;/h6,8,14H,2-5,7H2,1H3,(H,15,16);1H. The molecule has 108 valence electrons. The van der Waals surface area contributed by atoms with Crippen LogP contribution in [0.15, 0.2) is 15.9 Å². The maximum Gasteiger partial charge on any atom is 0.252 e. The summed E-state index contributed by atoms with van der Waals surface area (Å²) < 4.78 is 6.53. The molecule has 0 radical (unpaired) electrons. The number of rotatable bonds is 4. The Morgan fingerprint density at radius 2 is 2.26 bits per heavy atom. The highest BCUT2D eigenvalue weighted by molar-refractivity contribution is 9.10. The van der Waals surface area contributed by atoms with Gasteiger partial charge in [-0.25, -0.2) is 0 Å². The van der Waals surface area contributed by atoms with Gasteiger partial charge < -0.3 is 15.4 Å². The molecule has 0 aromatic carbocycles. The van der Waals surface area contributed by atoms with Crippen molar-refractivity contribution < 1.29 is 9.53 Å². The summed E-state index contributed by atoms with van der Waals surface area (Å²) in [5.74, 6) is -0.00368. The summed E-state index contributed by atoms with van der Waals surface area (Å²) in [5, 5.41) is 8.23. The molecule has 1 aliphatic heterocycles. The quantitative estimate of drug-likeness (QED) is 0.856. The van der Waals surface area contributed by atoms with Crippen LogP contribution in [-0.2, 0) is 16.1 Å². The number of hydrogen-bond donors (Lipinski definition) is 2. The van der Waals surface area contributed by atoms with E-state index >= 15 is 0 Å². The fourth-order valence-corrected chi connectivity index (χ4v) is 3.52. The number of thiophene rings is 1. The number of amides is 1. The highest BCUT2D eigenvalue weighted by Gasteiger charge is 2.39. The monoisotopic (exact) mass is 368 g/mol. The van der Waals surface area contributed by atoms with E-state index in [0.29, 0.717) is 6.54 Å². The first-order valence-corrected chi connectivity index (χ1v) is 7.61. The number of hydrogen-bond acceptors (Lipinski definition) is 4. The molecule has 4 nitrogen and oxygen atoms in total. The van der Waals surface area contributed by atoms with Gasteiger partial charge in [0.2, 0.25) is 0 Å². The Kier molecular flexibility index (Phi) is 6.76. The molecule has 1 aliphatic rings. The molecule has 1 saturated heterocycles. The lowest BCUT2D eigenvalue weighted by molar-refractivity contribution is -0.146. The second kappa shape index (κ2) is 7.59. The second-order valence-electron chi connectivity index (χ2n) is 4.36. The van der Waals surface area contributed by atoms with E-state index in [1.54, 1.807) is 18.4 Å². The van der Waals surface area contributed by atoms with E-state index in [-0.39, 0.29) is 18.3 Å². The van der Waals surface area contributed by atoms with E-state index in [2.05, 4.69) is 26.6 Å². The molecule has 2 N–H and O–H groups in total. The van der Waals surface area contributed by atoms with E-state index in [9.17, 15) is 4.79 Å². The molecule has 2 rings (SSSR count). The Morgan fingerprint density at radius 3 is 2.79 bits per heavy atom. The summed E-state index contributed by atoms with van der Waals surface area (Å²) in [5.41, 5.74) is -0.653. The van der Waals surface area contributed by atoms with Gasteiger partial charge in [0.1, 0.15) is 5.60 Å². The van der Waals surface area contributed by atoms with Gasteiger partial charge >= 0.3 is 0 Å². The molecule has 0 atom stereocenters. The normalized spacial score (nSPS) is 17.6. The second-order valence-corrected chi connectivity index (χ2v) is 6.27. The largest absolute Gasteiger partial charge is 0.368 e. The summed E-state index contributed by atoms with van der Waals surface area (Å²) in [6.07, 6.45) is 1.45. The molecular formula is C12H18BrClN2O2S. The Bertz CT molecular complexity index is 422. The molecule has 0 bridgehead atoms. The summed E-state index contributed by atoms with van der Waals surface area (Å²) in [4.78, 5) is 13.4. The van der Waals surface area contributed by atoms with Crippen molar-refractivity contribution in [3.8, 4) is 0 Å². The van der Waals surface area contributed by atoms with Gasteiger partial charge in [-0.15, -0.1) is 23.7 Å². The van der Waals surface area contributed by atoms with E-state index < -0.39 is 5.60 Å². The zero-order chi connectivity index (χ0) is 13.0. The Balaban J connectivity index is 0.00000180. The first-order chi connectivity index (χ1) is 8.66. The van der Waals surface area contributed by atoms with Gasteiger partial charge in [0.25, 0.3) is 5.91 Å². The molecule has 0 aliphatic carbocycles. The zero-order valence-electron chi connectivity index (χ0n) is 10.7. The van der Waals surface area contributed by atoms with Crippen LogP contribution in [0.5, 0.6) is 0 Å². The molecule has 19 heavy (non-hydrogen) atoms. The van der Waals surface area contributed by atoms with Crippen molar-refractivity contribution in [2.24, 2.45) is 0 Å². The van der Waals surface area contributed by atoms with Crippen molar-refractivity contribution >= 4 is 45.6 Å². The lowest BCUT2D eigenvalue weighted by Crippen LogP contribution is -2.53. The molecule has 1 amide bonds. The lowest BCUT2D eigenvalue weighted by Gasteiger charge is -2.34. The van der Waals surface area contributed by atoms with Crippen molar-refractivity contribution in [1.82, 2.24) is 10.6 Å². The molecule has 7 heteroatoms. The van der Waals surface area contributed by atoms with Crippen LogP contribution < -0.4 is 10.6 Å². The molecule has 0 saturated carbocycles. The predicted molar refractivity (Wildman–Crippen MR) is 83.0 cm³/mol. The van der Waals surface area contributed by atoms with Gasteiger partial charge in [-0.2, -0.15) is 0 Å². The van der Waals surface area contributed by atoms with Crippen LogP contribution in [0, 0.1) is 0 Å². The first kappa shape index (κ1) is 16.9. The first-order valence-electron chi connectivity index (χ1n) is 5.93. The molecular weight excluding hydrogens is 352 g/mol. The molecule has 0 spiro atoms. The van der Waals surface area contributed by atoms with Crippen molar-refractivity contribution in [3.63, 3.8) is 0 Å². The van der Waals surface area contributed by atoms with Crippen molar-refractivity contribution in [1.29, 1.82) is 0 Å². The fraction of sp³-hybridized carbons (Fsp3) is 0.583. The van der Waals surface area contributed by atoms with Crippen LogP contribution in [0.1, 0.15) is 17.7 Å². The van der Waals surface area contributed by atoms with Gasteiger partial charge in [-0.3, -0.25) is 4.79 Å². The summed E-state index contributed by atoms with van der Waals surface area (Å²) in [6.45, 7) is 2.21. The van der Waals surface area contributed by atoms with Crippen LogP contribution in [0.4, 0.5) is 0 Å². The number of methoxy groups -OCH3 is 1. The number of carbonyl (C=O) groups is 1. The van der Waals surface area contributed by atoms with Crippen LogP contribution >= 0.6 is 39.7 Å². The average Bonchev–Trinajstić information content (AvgIpc) is 2.82. The SMILES string of the molecule is COC1(C(=O)NCc2cc(Br)cs2)CCNCC1.Cl. The third-order valence-corrected chi connectivity index (χ3v) is 4.96. The van der Waals surface area contributed by atoms with Crippen LogP contribution in [0.3, 0.4) is 0 Å². The Morgan fingerprint density at radius 1 is 1.58 bits per heavy atom. The maximum atomic E-state index is 12.3. The highest BCUT2D eigenvalue weighted by atomic mass is 79.9. The number of nitrogens with one attached hydrogen (secondary N) is 2. The third kappa shape index (κ3) is 4.16. The van der Waals surface area contributed by atoms with E-state index in [0.717, 1.165) is 35.3 Å². The van der Waals surface area contributed by atoms with Crippen molar-refractivity contribution in [2.75, 3.05) is 20.2 Å².